The Bertz CT molecular complexity index is 913. The van der Waals surface area contributed by atoms with Crippen LogP contribution in [-0.2, 0) is 10.0 Å². The number of halogens is 1. The molecule has 1 fully saturated rings. The van der Waals surface area contributed by atoms with E-state index >= 15 is 0 Å². The lowest BCUT2D eigenvalue weighted by molar-refractivity contribution is 0.0933. The SMILES string of the molecule is NCC(NC(=O)c1cccc(S(=O)(=O)Nc2cccc(Cl)c2)c1)C1CC1. The molecule has 0 saturated heterocycles. The third kappa shape index (κ3) is 4.55. The summed E-state index contributed by atoms with van der Waals surface area (Å²) in [6.45, 7) is 0.366. The number of hydrogen-bond acceptors (Lipinski definition) is 4. The van der Waals surface area contributed by atoms with Crippen LogP contribution in [0.5, 0.6) is 0 Å². The zero-order valence-corrected chi connectivity index (χ0v) is 15.6. The van der Waals surface area contributed by atoms with Gasteiger partial charge in [0.1, 0.15) is 0 Å². The average molecular weight is 394 g/mol. The molecule has 2 aromatic carbocycles. The molecular formula is C18H20ClN3O3S. The molecule has 1 atom stereocenters. The van der Waals surface area contributed by atoms with Crippen LogP contribution < -0.4 is 15.8 Å². The van der Waals surface area contributed by atoms with E-state index in [4.69, 9.17) is 17.3 Å². The second-order valence-corrected chi connectivity index (χ2v) is 8.42. The molecule has 6 nitrogen and oxygen atoms in total. The summed E-state index contributed by atoms with van der Waals surface area (Å²) in [5, 5.41) is 3.31. The molecule has 0 heterocycles. The average Bonchev–Trinajstić information content (AvgIpc) is 3.44. The summed E-state index contributed by atoms with van der Waals surface area (Å²) in [6, 6.07) is 12.2. The van der Waals surface area contributed by atoms with Gasteiger partial charge in [-0.05, 0) is 55.2 Å². The van der Waals surface area contributed by atoms with Crippen LogP contribution in [0.1, 0.15) is 23.2 Å². The molecule has 2 aromatic rings. The molecule has 1 amide bonds. The van der Waals surface area contributed by atoms with Crippen molar-refractivity contribution in [1.82, 2.24) is 5.32 Å². The maximum atomic E-state index is 12.6. The van der Waals surface area contributed by atoms with E-state index in [1.807, 2.05) is 0 Å². The van der Waals surface area contributed by atoms with Gasteiger partial charge < -0.3 is 11.1 Å². The Hall–Kier alpha value is -2.09. The molecular weight excluding hydrogens is 374 g/mol. The minimum absolute atomic E-state index is 0.000783. The molecule has 1 aliphatic rings. The second kappa shape index (κ2) is 7.65. The van der Waals surface area contributed by atoms with Gasteiger partial charge in [-0.15, -0.1) is 0 Å². The molecule has 0 aromatic heterocycles. The summed E-state index contributed by atoms with van der Waals surface area (Å²) < 4.78 is 27.6. The molecule has 0 bridgehead atoms. The van der Waals surface area contributed by atoms with E-state index in [1.54, 1.807) is 24.3 Å². The Morgan fingerprint density at radius 1 is 1.19 bits per heavy atom. The fourth-order valence-corrected chi connectivity index (χ4v) is 3.98. The number of hydrogen-bond donors (Lipinski definition) is 3. The van der Waals surface area contributed by atoms with Crippen LogP contribution in [0, 0.1) is 5.92 Å². The molecule has 8 heteroatoms. The summed E-state index contributed by atoms with van der Waals surface area (Å²) in [5.41, 5.74) is 6.33. The Morgan fingerprint density at radius 2 is 1.92 bits per heavy atom. The molecule has 4 N–H and O–H groups in total. The van der Waals surface area contributed by atoms with Crippen LogP contribution in [0.15, 0.2) is 53.4 Å². The summed E-state index contributed by atoms with van der Waals surface area (Å²) in [4.78, 5) is 12.4. The Labute approximate surface area is 157 Å². The smallest absolute Gasteiger partial charge is 0.261 e. The number of anilines is 1. The normalized spacial score (nSPS) is 15.3. The highest BCUT2D eigenvalue weighted by molar-refractivity contribution is 7.92. The quantitative estimate of drug-likeness (QED) is 0.672. The number of benzene rings is 2. The lowest BCUT2D eigenvalue weighted by Gasteiger charge is -2.16. The summed E-state index contributed by atoms with van der Waals surface area (Å²) >= 11 is 5.88. The van der Waals surface area contributed by atoms with Gasteiger partial charge in [0, 0.05) is 23.2 Å². The molecule has 0 radical (unpaired) electrons. The monoisotopic (exact) mass is 393 g/mol. The minimum Gasteiger partial charge on any atom is -0.348 e. The van der Waals surface area contributed by atoms with Gasteiger partial charge in [0.05, 0.1) is 10.6 Å². The van der Waals surface area contributed by atoms with E-state index in [0.29, 0.717) is 23.2 Å². The molecule has 26 heavy (non-hydrogen) atoms. The molecule has 3 rings (SSSR count). The molecule has 1 unspecified atom stereocenters. The number of nitrogens with two attached hydrogens (primary N) is 1. The molecule has 0 spiro atoms. The standard InChI is InChI=1S/C18H20ClN3O3S/c19-14-4-2-5-15(10-14)22-26(24,25)16-6-1-3-13(9-16)18(23)21-17(11-20)12-7-8-12/h1-6,9-10,12,17,22H,7-8,11,20H2,(H,21,23). The number of carbonyl (C=O) groups excluding carboxylic acids is 1. The van der Waals surface area contributed by atoms with Crippen molar-refractivity contribution in [2.45, 2.75) is 23.8 Å². The van der Waals surface area contributed by atoms with Crippen LogP contribution in [0.25, 0.3) is 0 Å². The molecule has 1 aliphatic carbocycles. The van der Waals surface area contributed by atoms with Crippen molar-refractivity contribution in [1.29, 1.82) is 0 Å². The van der Waals surface area contributed by atoms with Crippen LogP contribution >= 0.6 is 11.6 Å². The fraction of sp³-hybridized carbons (Fsp3) is 0.278. The summed E-state index contributed by atoms with van der Waals surface area (Å²) in [5.74, 6) is 0.0903. The van der Waals surface area contributed by atoms with Crippen molar-refractivity contribution in [3.8, 4) is 0 Å². The highest BCUT2D eigenvalue weighted by atomic mass is 35.5. The second-order valence-electron chi connectivity index (χ2n) is 6.30. The first-order chi connectivity index (χ1) is 12.4. The number of carbonyl (C=O) groups is 1. The molecule has 0 aliphatic heterocycles. The minimum atomic E-state index is -3.84. The van der Waals surface area contributed by atoms with Crippen molar-refractivity contribution in [3.63, 3.8) is 0 Å². The largest absolute Gasteiger partial charge is 0.348 e. The van der Waals surface area contributed by atoms with Crippen molar-refractivity contribution in [2.24, 2.45) is 11.7 Å². The van der Waals surface area contributed by atoms with Crippen molar-refractivity contribution in [3.05, 3.63) is 59.1 Å². The van der Waals surface area contributed by atoms with Gasteiger partial charge in [-0.3, -0.25) is 9.52 Å². The number of amides is 1. The maximum absolute atomic E-state index is 12.6. The van der Waals surface area contributed by atoms with Crippen molar-refractivity contribution >= 4 is 33.2 Å². The Morgan fingerprint density at radius 3 is 2.58 bits per heavy atom. The van der Waals surface area contributed by atoms with Gasteiger partial charge in [0.15, 0.2) is 0 Å². The first kappa shape index (κ1) is 18.7. The predicted octanol–water partition coefficient (Wildman–Crippen LogP) is 2.61. The van der Waals surface area contributed by atoms with Crippen molar-refractivity contribution < 1.29 is 13.2 Å². The predicted molar refractivity (Wildman–Crippen MR) is 102 cm³/mol. The lowest BCUT2D eigenvalue weighted by atomic mass is 10.1. The number of sulfonamides is 1. The van der Waals surface area contributed by atoms with Gasteiger partial charge in [-0.1, -0.05) is 23.7 Å². The van der Waals surface area contributed by atoms with Crippen LogP contribution in [0.4, 0.5) is 5.69 Å². The highest BCUT2D eigenvalue weighted by Crippen LogP contribution is 2.32. The third-order valence-corrected chi connectivity index (χ3v) is 5.86. The molecule has 1 saturated carbocycles. The van der Waals surface area contributed by atoms with Gasteiger partial charge in [-0.2, -0.15) is 0 Å². The first-order valence-corrected chi connectivity index (χ1v) is 10.1. The summed E-state index contributed by atoms with van der Waals surface area (Å²) in [6.07, 6.45) is 2.11. The number of nitrogens with one attached hydrogen (secondary N) is 2. The maximum Gasteiger partial charge on any atom is 0.261 e. The Balaban J connectivity index is 1.78. The zero-order valence-electron chi connectivity index (χ0n) is 14.0. The van der Waals surface area contributed by atoms with Gasteiger partial charge in [-0.25, -0.2) is 8.42 Å². The summed E-state index contributed by atoms with van der Waals surface area (Å²) in [7, 11) is -3.84. The topological polar surface area (TPSA) is 101 Å². The van der Waals surface area contributed by atoms with E-state index in [-0.39, 0.29) is 22.4 Å². The van der Waals surface area contributed by atoms with Gasteiger partial charge in [0.2, 0.25) is 0 Å². The van der Waals surface area contributed by atoms with Gasteiger partial charge >= 0.3 is 0 Å². The first-order valence-electron chi connectivity index (χ1n) is 8.28. The fourth-order valence-electron chi connectivity index (χ4n) is 2.69. The van der Waals surface area contributed by atoms with Crippen LogP contribution in [0.3, 0.4) is 0 Å². The van der Waals surface area contributed by atoms with E-state index < -0.39 is 10.0 Å². The third-order valence-electron chi connectivity index (χ3n) is 4.24. The van der Waals surface area contributed by atoms with E-state index in [2.05, 4.69) is 10.0 Å². The van der Waals surface area contributed by atoms with E-state index in [0.717, 1.165) is 12.8 Å². The van der Waals surface area contributed by atoms with Gasteiger partial charge in [0.25, 0.3) is 15.9 Å². The zero-order chi connectivity index (χ0) is 18.7. The Kier molecular flexibility index (Phi) is 5.50. The van der Waals surface area contributed by atoms with Crippen molar-refractivity contribution in [2.75, 3.05) is 11.3 Å². The highest BCUT2D eigenvalue weighted by Gasteiger charge is 2.31. The van der Waals surface area contributed by atoms with E-state index in [1.165, 1.54) is 24.3 Å². The number of rotatable bonds is 7. The van der Waals surface area contributed by atoms with Crippen LogP contribution in [0.2, 0.25) is 5.02 Å². The molecule has 138 valence electrons. The van der Waals surface area contributed by atoms with Crippen LogP contribution in [-0.4, -0.2) is 26.9 Å². The van der Waals surface area contributed by atoms with E-state index in [9.17, 15) is 13.2 Å². The lowest BCUT2D eigenvalue weighted by Crippen LogP contribution is -2.41.